The first-order chi connectivity index (χ1) is 12.9. The van der Waals surface area contributed by atoms with Crippen molar-refractivity contribution < 1.29 is 18.7 Å². The van der Waals surface area contributed by atoms with Crippen molar-refractivity contribution in [3.63, 3.8) is 0 Å². The maximum absolute atomic E-state index is 14.7. The number of urea groups is 1. The van der Waals surface area contributed by atoms with E-state index in [0.717, 1.165) is 36.4 Å². The number of imide groups is 1. The molecular weight excluding hydrogens is 390 g/mol. The number of anilines is 1. The molecule has 0 aromatic heterocycles. The lowest BCUT2D eigenvalue weighted by molar-refractivity contribution is -0.120. The highest BCUT2D eigenvalue weighted by Gasteiger charge is 2.47. The molecule has 0 N–H and O–H groups in total. The van der Waals surface area contributed by atoms with Gasteiger partial charge in [-0.2, -0.15) is 0 Å². The van der Waals surface area contributed by atoms with Crippen molar-refractivity contribution >= 4 is 37.1 Å². The third kappa shape index (κ3) is 3.79. The minimum absolute atomic E-state index is 0.0166. The van der Waals surface area contributed by atoms with Gasteiger partial charge in [0.05, 0.1) is 10.7 Å². The number of benzene rings is 1. The van der Waals surface area contributed by atoms with Crippen LogP contribution in [0.5, 0.6) is 5.75 Å². The van der Waals surface area contributed by atoms with Gasteiger partial charge in [-0.1, -0.05) is 33.4 Å². The summed E-state index contributed by atoms with van der Waals surface area (Å²) in [6.45, 7) is 6.81. The summed E-state index contributed by atoms with van der Waals surface area (Å²) in [5, 5.41) is 0.144. The molecule has 1 aromatic carbocycles. The van der Waals surface area contributed by atoms with Crippen molar-refractivity contribution in [2.24, 2.45) is 0 Å². The Balaban J connectivity index is 1.94. The van der Waals surface area contributed by atoms with Gasteiger partial charge in [-0.05, 0) is 44.6 Å². The fourth-order valence-electron chi connectivity index (χ4n) is 3.63. The summed E-state index contributed by atoms with van der Waals surface area (Å²) in [4.78, 5) is 28.0. The molecule has 0 saturated carbocycles. The van der Waals surface area contributed by atoms with Crippen molar-refractivity contribution in [3.8, 4) is 5.75 Å². The number of carbonyl (C=O) groups excluding carboxylic acids is 2. The molecule has 0 spiro atoms. The fourth-order valence-corrected chi connectivity index (χ4v) is 5.14. The Morgan fingerprint density at radius 2 is 2.07 bits per heavy atom. The van der Waals surface area contributed by atoms with Crippen LogP contribution in [0.3, 0.4) is 0 Å². The molecule has 0 aliphatic carbocycles. The second-order valence-corrected chi connectivity index (χ2v) is 10.1. The molecule has 27 heavy (non-hydrogen) atoms. The zero-order valence-electron chi connectivity index (χ0n) is 15.9. The van der Waals surface area contributed by atoms with Crippen molar-refractivity contribution in [1.82, 2.24) is 4.90 Å². The molecule has 3 unspecified atom stereocenters. The number of amides is 3. The first kappa shape index (κ1) is 20.3. The molecule has 2 aliphatic heterocycles. The van der Waals surface area contributed by atoms with E-state index in [0.29, 0.717) is 18.7 Å². The quantitative estimate of drug-likeness (QED) is 0.483. The highest BCUT2D eigenvalue weighted by molar-refractivity contribution is 7.57. The number of piperidine rings is 1. The predicted octanol–water partition coefficient (Wildman–Crippen LogP) is 5.05. The standard InChI is InChI=1S/C19H25ClFN2O3P/c1-4-17(27(3)5-2)26-16-11-15(13(21)10-12(16)20)23-18(24)14-8-6-7-9-22(14)19(23)25/h10-11,14,17H,4-9H2,1-3H3. The summed E-state index contributed by atoms with van der Waals surface area (Å²) >= 11 is 6.20. The van der Waals surface area contributed by atoms with Gasteiger partial charge in [-0.3, -0.25) is 4.79 Å². The van der Waals surface area contributed by atoms with Gasteiger partial charge >= 0.3 is 6.03 Å². The number of rotatable bonds is 6. The van der Waals surface area contributed by atoms with Crippen molar-refractivity contribution in [2.45, 2.75) is 51.4 Å². The SMILES string of the molecule is CCC(Oc1cc(N2C(=O)C3CCCCN3C2=O)c(F)cc1Cl)P(C)CC. The van der Waals surface area contributed by atoms with E-state index in [2.05, 4.69) is 13.6 Å². The number of carbonyl (C=O) groups is 2. The minimum Gasteiger partial charge on any atom is -0.484 e. The van der Waals surface area contributed by atoms with E-state index in [-0.39, 0.29) is 30.4 Å². The maximum Gasteiger partial charge on any atom is 0.332 e. The third-order valence-corrected chi connectivity index (χ3v) is 8.04. The van der Waals surface area contributed by atoms with Gasteiger partial charge in [-0.15, -0.1) is 0 Å². The molecule has 3 rings (SSSR count). The molecule has 1 aromatic rings. The lowest BCUT2D eigenvalue weighted by Gasteiger charge is -2.26. The van der Waals surface area contributed by atoms with Crippen LogP contribution in [0.25, 0.3) is 0 Å². The summed E-state index contributed by atoms with van der Waals surface area (Å²) in [6, 6.07) is 1.57. The maximum atomic E-state index is 14.7. The van der Waals surface area contributed by atoms with E-state index < -0.39 is 17.9 Å². The zero-order valence-corrected chi connectivity index (χ0v) is 17.5. The van der Waals surface area contributed by atoms with Crippen molar-refractivity contribution in [1.29, 1.82) is 0 Å². The Kier molecular flexibility index (Phi) is 6.27. The second-order valence-electron chi connectivity index (χ2n) is 6.95. The van der Waals surface area contributed by atoms with E-state index >= 15 is 0 Å². The van der Waals surface area contributed by atoms with Gasteiger partial charge < -0.3 is 9.64 Å². The van der Waals surface area contributed by atoms with Crippen LogP contribution in [0.4, 0.5) is 14.9 Å². The molecule has 0 bridgehead atoms. The van der Waals surface area contributed by atoms with E-state index in [9.17, 15) is 14.0 Å². The number of fused-ring (bicyclic) bond motifs is 1. The lowest BCUT2D eigenvalue weighted by Crippen LogP contribution is -2.39. The van der Waals surface area contributed by atoms with Gasteiger partial charge in [0.1, 0.15) is 23.5 Å². The first-order valence-corrected chi connectivity index (χ1v) is 11.8. The number of ether oxygens (including phenoxy) is 1. The Labute approximate surface area is 165 Å². The van der Waals surface area contributed by atoms with E-state index in [1.807, 2.05) is 6.92 Å². The Morgan fingerprint density at radius 1 is 1.33 bits per heavy atom. The van der Waals surface area contributed by atoms with Gasteiger partial charge in [-0.25, -0.2) is 14.1 Å². The van der Waals surface area contributed by atoms with Crippen LogP contribution in [0.1, 0.15) is 39.5 Å². The summed E-state index contributed by atoms with van der Waals surface area (Å²) in [7, 11) is -0.365. The van der Waals surface area contributed by atoms with Crippen molar-refractivity contribution in [2.75, 3.05) is 24.3 Å². The van der Waals surface area contributed by atoms with Crippen LogP contribution in [-0.4, -0.2) is 48.1 Å². The van der Waals surface area contributed by atoms with Crippen molar-refractivity contribution in [3.05, 3.63) is 23.0 Å². The predicted molar refractivity (Wildman–Crippen MR) is 107 cm³/mol. The normalized spacial score (nSPS) is 22.0. The Hall–Kier alpha value is -1.39. The zero-order chi connectivity index (χ0) is 19.7. The molecule has 0 radical (unpaired) electrons. The number of nitrogens with zero attached hydrogens (tertiary/aromatic N) is 2. The van der Waals surface area contributed by atoms with Crippen LogP contribution in [0.2, 0.25) is 5.02 Å². The fraction of sp³-hybridized carbons (Fsp3) is 0.579. The van der Waals surface area contributed by atoms with Crippen LogP contribution >= 0.6 is 19.5 Å². The number of hydrogen-bond donors (Lipinski definition) is 0. The molecule has 8 heteroatoms. The van der Waals surface area contributed by atoms with Gasteiger partial charge in [0.25, 0.3) is 5.91 Å². The van der Waals surface area contributed by atoms with E-state index in [4.69, 9.17) is 16.3 Å². The van der Waals surface area contributed by atoms with Crippen LogP contribution in [0, 0.1) is 5.82 Å². The average molecular weight is 415 g/mol. The van der Waals surface area contributed by atoms with E-state index in [1.54, 1.807) is 0 Å². The molecule has 148 valence electrons. The second kappa shape index (κ2) is 8.32. The molecule has 2 fully saturated rings. The third-order valence-electron chi connectivity index (χ3n) is 5.29. The number of halogens is 2. The molecular formula is C19H25ClFN2O3P. The highest BCUT2D eigenvalue weighted by Crippen LogP contribution is 2.43. The monoisotopic (exact) mass is 414 g/mol. The molecule has 2 aliphatic rings. The van der Waals surface area contributed by atoms with Gasteiger partial charge in [0.15, 0.2) is 0 Å². The van der Waals surface area contributed by atoms with Gasteiger partial charge in [0, 0.05) is 12.6 Å². The minimum atomic E-state index is -0.698. The largest absolute Gasteiger partial charge is 0.484 e. The average Bonchev–Trinajstić information content (AvgIpc) is 2.92. The van der Waals surface area contributed by atoms with E-state index in [1.165, 1.54) is 11.0 Å². The van der Waals surface area contributed by atoms with Crippen LogP contribution in [-0.2, 0) is 4.79 Å². The highest BCUT2D eigenvalue weighted by atomic mass is 35.5. The van der Waals surface area contributed by atoms with Gasteiger partial charge in [0.2, 0.25) is 0 Å². The molecule has 3 amide bonds. The first-order valence-electron chi connectivity index (χ1n) is 9.39. The summed E-state index contributed by atoms with van der Waals surface area (Å²) < 4.78 is 20.7. The molecule has 2 saturated heterocycles. The lowest BCUT2D eigenvalue weighted by atomic mass is 10.0. The van der Waals surface area contributed by atoms with Crippen LogP contribution < -0.4 is 9.64 Å². The Bertz CT molecular complexity index is 724. The topological polar surface area (TPSA) is 49.9 Å². The summed E-state index contributed by atoms with van der Waals surface area (Å²) in [6.07, 6.45) is 4.17. The smallest absolute Gasteiger partial charge is 0.332 e. The molecule has 5 nitrogen and oxygen atoms in total. The summed E-state index contributed by atoms with van der Waals surface area (Å²) in [5.41, 5.74) is -0.0782. The molecule has 3 atom stereocenters. The Morgan fingerprint density at radius 3 is 2.70 bits per heavy atom. The number of hydrogen-bond acceptors (Lipinski definition) is 3. The van der Waals surface area contributed by atoms with Crippen LogP contribution in [0.15, 0.2) is 12.1 Å². The summed E-state index contributed by atoms with van der Waals surface area (Å²) in [5.74, 6) is -0.772. The molecule has 2 heterocycles.